The number of nitrogens with one attached hydrogen (secondary N) is 1. The molecule has 134 valence electrons. The Kier molecular flexibility index (Phi) is 6.82. The molecule has 0 radical (unpaired) electrons. The van der Waals surface area contributed by atoms with Crippen LogP contribution in [0.25, 0.3) is 0 Å². The third-order valence-electron chi connectivity index (χ3n) is 3.59. The maximum atomic E-state index is 13.9. The molecule has 1 N–H and O–H groups in total. The van der Waals surface area contributed by atoms with E-state index in [2.05, 4.69) is 21.2 Å². The number of amides is 1. The Morgan fingerprint density at radius 3 is 2.48 bits per heavy atom. The van der Waals surface area contributed by atoms with E-state index in [1.54, 1.807) is 6.07 Å². The highest BCUT2D eigenvalue weighted by Crippen LogP contribution is 2.31. The van der Waals surface area contributed by atoms with E-state index in [4.69, 9.17) is 9.47 Å². The van der Waals surface area contributed by atoms with E-state index in [1.165, 1.54) is 12.1 Å². The van der Waals surface area contributed by atoms with E-state index in [-0.39, 0.29) is 11.6 Å². The van der Waals surface area contributed by atoms with E-state index >= 15 is 0 Å². The molecule has 0 aliphatic heterocycles. The average molecular weight is 410 g/mol. The minimum Gasteiger partial charge on any atom is -0.490 e. The molecular formula is C19H21BrFNO3. The van der Waals surface area contributed by atoms with E-state index in [0.717, 1.165) is 5.56 Å². The molecule has 0 bridgehead atoms. The van der Waals surface area contributed by atoms with Crippen LogP contribution in [0.5, 0.6) is 11.5 Å². The lowest BCUT2D eigenvalue weighted by Crippen LogP contribution is -2.27. The standard InChI is InChI=1S/C19H21BrFNO3/c1-4-24-17-9-6-13(10-18(17)25-5-2)12(3)22-19(23)15-11-14(20)7-8-16(15)21/h6-12H,4-5H2,1-3H3,(H,22,23). The Hall–Kier alpha value is -2.08. The largest absolute Gasteiger partial charge is 0.490 e. The van der Waals surface area contributed by atoms with Gasteiger partial charge in [0.15, 0.2) is 11.5 Å². The van der Waals surface area contributed by atoms with Crippen molar-refractivity contribution in [3.63, 3.8) is 0 Å². The molecule has 6 heteroatoms. The van der Waals surface area contributed by atoms with Gasteiger partial charge in [-0.3, -0.25) is 4.79 Å². The van der Waals surface area contributed by atoms with Crippen LogP contribution in [0.4, 0.5) is 4.39 Å². The monoisotopic (exact) mass is 409 g/mol. The zero-order chi connectivity index (χ0) is 18.4. The highest BCUT2D eigenvalue weighted by Gasteiger charge is 2.17. The average Bonchev–Trinajstić information content (AvgIpc) is 2.58. The van der Waals surface area contributed by atoms with Gasteiger partial charge < -0.3 is 14.8 Å². The summed E-state index contributed by atoms with van der Waals surface area (Å²) in [4.78, 5) is 12.4. The summed E-state index contributed by atoms with van der Waals surface area (Å²) in [6.45, 7) is 6.67. The van der Waals surface area contributed by atoms with Crippen molar-refractivity contribution in [3.8, 4) is 11.5 Å². The third kappa shape index (κ3) is 4.95. The number of carbonyl (C=O) groups is 1. The van der Waals surface area contributed by atoms with Crippen LogP contribution in [-0.4, -0.2) is 19.1 Å². The fraction of sp³-hybridized carbons (Fsp3) is 0.316. The van der Waals surface area contributed by atoms with Crippen molar-refractivity contribution in [2.24, 2.45) is 0 Å². The van der Waals surface area contributed by atoms with Gasteiger partial charge in [0.05, 0.1) is 24.8 Å². The molecule has 0 aliphatic carbocycles. The van der Waals surface area contributed by atoms with Gasteiger partial charge in [0.2, 0.25) is 0 Å². The van der Waals surface area contributed by atoms with Crippen LogP contribution in [0.1, 0.15) is 42.7 Å². The second kappa shape index (κ2) is 8.85. The molecule has 2 aromatic carbocycles. The summed E-state index contributed by atoms with van der Waals surface area (Å²) in [6, 6.07) is 9.45. The smallest absolute Gasteiger partial charge is 0.254 e. The fourth-order valence-corrected chi connectivity index (χ4v) is 2.73. The maximum absolute atomic E-state index is 13.9. The lowest BCUT2D eigenvalue weighted by molar-refractivity contribution is 0.0935. The number of carbonyl (C=O) groups excluding carboxylic acids is 1. The van der Waals surface area contributed by atoms with Crippen LogP contribution in [0.3, 0.4) is 0 Å². The van der Waals surface area contributed by atoms with Gasteiger partial charge in [0, 0.05) is 4.47 Å². The number of ether oxygens (including phenoxy) is 2. The molecule has 25 heavy (non-hydrogen) atoms. The normalized spacial score (nSPS) is 11.7. The van der Waals surface area contributed by atoms with Crippen molar-refractivity contribution in [2.45, 2.75) is 26.8 Å². The summed E-state index contributed by atoms with van der Waals surface area (Å²) in [6.07, 6.45) is 0. The molecule has 0 saturated heterocycles. The van der Waals surface area contributed by atoms with E-state index in [9.17, 15) is 9.18 Å². The first-order chi connectivity index (χ1) is 12.0. The SMILES string of the molecule is CCOc1ccc(C(C)NC(=O)c2cc(Br)ccc2F)cc1OCC. The number of benzene rings is 2. The van der Waals surface area contributed by atoms with Gasteiger partial charge in [-0.05, 0) is 56.7 Å². The number of rotatable bonds is 7. The number of hydrogen-bond acceptors (Lipinski definition) is 3. The molecule has 0 aromatic heterocycles. The van der Waals surface area contributed by atoms with Crippen molar-refractivity contribution in [2.75, 3.05) is 13.2 Å². The predicted molar refractivity (Wildman–Crippen MR) is 98.8 cm³/mol. The van der Waals surface area contributed by atoms with Gasteiger partial charge >= 0.3 is 0 Å². The van der Waals surface area contributed by atoms with Gasteiger partial charge in [-0.1, -0.05) is 22.0 Å². The molecule has 2 aromatic rings. The molecule has 1 atom stereocenters. The van der Waals surface area contributed by atoms with E-state index < -0.39 is 11.7 Å². The van der Waals surface area contributed by atoms with Crippen molar-refractivity contribution in [1.82, 2.24) is 5.32 Å². The molecule has 0 aliphatic rings. The molecule has 0 spiro atoms. The van der Waals surface area contributed by atoms with Gasteiger partial charge in [-0.15, -0.1) is 0 Å². The third-order valence-corrected chi connectivity index (χ3v) is 4.08. The van der Waals surface area contributed by atoms with Crippen LogP contribution in [-0.2, 0) is 0 Å². The molecule has 0 fully saturated rings. The zero-order valence-electron chi connectivity index (χ0n) is 14.4. The van der Waals surface area contributed by atoms with Crippen molar-refractivity contribution < 1.29 is 18.7 Å². The van der Waals surface area contributed by atoms with Gasteiger partial charge in [0.1, 0.15) is 5.82 Å². The first-order valence-electron chi connectivity index (χ1n) is 8.11. The molecule has 4 nitrogen and oxygen atoms in total. The summed E-state index contributed by atoms with van der Waals surface area (Å²) in [5.41, 5.74) is 0.841. The fourth-order valence-electron chi connectivity index (χ4n) is 2.37. The quantitative estimate of drug-likeness (QED) is 0.708. The topological polar surface area (TPSA) is 47.6 Å². The van der Waals surface area contributed by atoms with Crippen molar-refractivity contribution in [1.29, 1.82) is 0 Å². The Balaban J connectivity index is 2.19. The Bertz CT molecular complexity index is 751. The highest BCUT2D eigenvalue weighted by atomic mass is 79.9. The first-order valence-corrected chi connectivity index (χ1v) is 8.91. The van der Waals surface area contributed by atoms with Crippen LogP contribution >= 0.6 is 15.9 Å². The summed E-state index contributed by atoms with van der Waals surface area (Å²) < 4.78 is 25.6. The van der Waals surface area contributed by atoms with Crippen molar-refractivity contribution >= 4 is 21.8 Å². The Morgan fingerprint density at radius 1 is 1.12 bits per heavy atom. The minimum atomic E-state index is -0.561. The number of halogens is 2. The van der Waals surface area contributed by atoms with Crippen LogP contribution < -0.4 is 14.8 Å². The molecule has 0 heterocycles. The lowest BCUT2D eigenvalue weighted by atomic mass is 10.1. The van der Waals surface area contributed by atoms with Crippen molar-refractivity contribution in [3.05, 3.63) is 57.8 Å². The van der Waals surface area contributed by atoms with E-state index in [1.807, 2.05) is 39.0 Å². The number of hydrogen-bond donors (Lipinski definition) is 1. The summed E-state index contributed by atoms with van der Waals surface area (Å²) in [5.74, 6) is 0.244. The van der Waals surface area contributed by atoms with Crippen LogP contribution in [0.15, 0.2) is 40.9 Å². The van der Waals surface area contributed by atoms with Crippen LogP contribution in [0.2, 0.25) is 0 Å². The van der Waals surface area contributed by atoms with Gasteiger partial charge in [-0.2, -0.15) is 0 Å². The molecule has 0 saturated carbocycles. The minimum absolute atomic E-state index is 0.00260. The molecular weight excluding hydrogens is 389 g/mol. The molecule has 1 unspecified atom stereocenters. The lowest BCUT2D eigenvalue weighted by Gasteiger charge is -2.18. The zero-order valence-corrected chi connectivity index (χ0v) is 16.0. The second-order valence-corrected chi connectivity index (χ2v) is 6.31. The Morgan fingerprint density at radius 2 is 1.80 bits per heavy atom. The second-order valence-electron chi connectivity index (χ2n) is 5.39. The van der Waals surface area contributed by atoms with Gasteiger partial charge in [0.25, 0.3) is 5.91 Å². The highest BCUT2D eigenvalue weighted by molar-refractivity contribution is 9.10. The van der Waals surface area contributed by atoms with E-state index in [0.29, 0.717) is 29.2 Å². The summed E-state index contributed by atoms with van der Waals surface area (Å²) in [7, 11) is 0. The maximum Gasteiger partial charge on any atom is 0.254 e. The van der Waals surface area contributed by atoms with Crippen LogP contribution in [0, 0.1) is 5.82 Å². The summed E-state index contributed by atoms with van der Waals surface area (Å²) in [5, 5.41) is 2.81. The van der Waals surface area contributed by atoms with Gasteiger partial charge in [-0.25, -0.2) is 4.39 Å². The first kappa shape index (κ1) is 19.2. The predicted octanol–water partition coefficient (Wildman–Crippen LogP) is 4.88. The Labute approximate surface area is 155 Å². The summed E-state index contributed by atoms with van der Waals surface area (Å²) >= 11 is 3.25. The molecule has 2 rings (SSSR count). The molecule has 1 amide bonds.